The summed E-state index contributed by atoms with van der Waals surface area (Å²) in [5.41, 5.74) is 5.58. The van der Waals surface area contributed by atoms with Gasteiger partial charge >= 0.3 is 0 Å². The number of hydrogen-bond acceptors (Lipinski definition) is 4. The molecular weight excluding hydrogens is 394 g/mol. The minimum absolute atomic E-state index is 0.0105. The van der Waals surface area contributed by atoms with Gasteiger partial charge < -0.3 is 19.9 Å². The number of thiocarbonyl (C=S) groups is 1. The van der Waals surface area contributed by atoms with Gasteiger partial charge in [0.1, 0.15) is 5.82 Å². The van der Waals surface area contributed by atoms with Crippen LogP contribution in [0.4, 0.5) is 0 Å². The van der Waals surface area contributed by atoms with Crippen molar-refractivity contribution in [1.29, 1.82) is 0 Å². The van der Waals surface area contributed by atoms with Crippen LogP contribution in [0, 0.1) is 20.8 Å². The van der Waals surface area contributed by atoms with E-state index in [4.69, 9.17) is 12.2 Å². The highest BCUT2D eigenvalue weighted by Crippen LogP contribution is 2.41. The average molecular weight is 422 g/mol. The van der Waals surface area contributed by atoms with Gasteiger partial charge in [0.25, 0.3) is 0 Å². The van der Waals surface area contributed by atoms with Gasteiger partial charge in [0, 0.05) is 36.9 Å². The van der Waals surface area contributed by atoms with E-state index < -0.39 is 0 Å². The second-order valence-corrected chi connectivity index (χ2v) is 8.14. The van der Waals surface area contributed by atoms with E-state index >= 15 is 0 Å². The van der Waals surface area contributed by atoms with Crippen LogP contribution in [0.3, 0.4) is 0 Å². The molecule has 0 amide bonds. The molecule has 1 aliphatic rings. The highest BCUT2D eigenvalue weighted by Gasteiger charge is 2.41. The molecule has 0 unspecified atom stereocenters. The van der Waals surface area contributed by atoms with Gasteiger partial charge in [0.05, 0.1) is 17.8 Å². The maximum atomic E-state index is 9.42. The highest BCUT2D eigenvalue weighted by molar-refractivity contribution is 7.80. The summed E-state index contributed by atoms with van der Waals surface area (Å²) in [5.74, 6) is 0.918. The first-order valence-corrected chi connectivity index (χ1v) is 10.6. The molecule has 3 aromatic heterocycles. The molecule has 0 aromatic carbocycles. The van der Waals surface area contributed by atoms with Crippen LogP contribution in [0.2, 0.25) is 0 Å². The van der Waals surface area contributed by atoms with Gasteiger partial charge in [-0.2, -0.15) is 0 Å². The molecule has 7 heteroatoms. The predicted octanol–water partition coefficient (Wildman–Crippen LogP) is 3.55. The fraction of sp³-hybridized carbons (Fsp3) is 0.348. The number of rotatable bonds is 6. The molecule has 156 valence electrons. The fourth-order valence-corrected chi connectivity index (χ4v) is 4.64. The van der Waals surface area contributed by atoms with Gasteiger partial charge in [0.2, 0.25) is 0 Å². The molecule has 0 radical (unpaired) electrons. The van der Waals surface area contributed by atoms with Gasteiger partial charge in [-0.15, -0.1) is 0 Å². The number of nitrogens with zero attached hydrogens (tertiary/aromatic N) is 4. The van der Waals surface area contributed by atoms with Gasteiger partial charge in [0.15, 0.2) is 5.11 Å². The standard InChI is InChI=1S/C23H27N5OS/c1-15-8-10-25-20(13-15)28-16(2)14-18(17(28)3)22-21(19-7-4-5-9-24-19)26-23(30)27(22)11-6-12-29/h4-5,7-10,13-14,21-22,29H,6,11-12H2,1-3H3,(H,26,30)/t21-,22-/m1/s1. The Morgan fingerprint density at radius 3 is 2.63 bits per heavy atom. The maximum Gasteiger partial charge on any atom is 0.170 e. The smallest absolute Gasteiger partial charge is 0.170 e. The Bertz CT molecular complexity index is 1050. The molecule has 3 aromatic rings. The van der Waals surface area contributed by atoms with E-state index in [2.05, 4.69) is 57.7 Å². The minimum Gasteiger partial charge on any atom is -0.396 e. The second-order valence-electron chi connectivity index (χ2n) is 7.75. The van der Waals surface area contributed by atoms with Crippen LogP contribution in [0.25, 0.3) is 5.82 Å². The molecule has 2 atom stereocenters. The van der Waals surface area contributed by atoms with Crippen LogP contribution in [0.1, 0.15) is 46.7 Å². The summed E-state index contributed by atoms with van der Waals surface area (Å²) in [4.78, 5) is 11.4. The van der Waals surface area contributed by atoms with Crippen LogP contribution >= 0.6 is 12.2 Å². The Morgan fingerprint density at radius 2 is 1.93 bits per heavy atom. The lowest BCUT2D eigenvalue weighted by molar-refractivity contribution is 0.247. The monoisotopic (exact) mass is 421 g/mol. The number of aliphatic hydroxyl groups excluding tert-OH is 1. The second kappa shape index (κ2) is 8.53. The zero-order valence-corrected chi connectivity index (χ0v) is 18.4. The number of pyridine rings is 2. The van der Waals surface area contributed by atoms with Gasteiger partial charge in [-0.3, -0.25) is 4.98 Å². The molecule has 0 saturated carbocycles. The lowest BCUT2D eigenvalue weighted by atomic mass is 9.96. The van der Waals surface area contributed by atoms with E-state index in [0.29, 0.717) is 18.1 Å². The van der Waals surface area contributed by atoms with E-state index in [-0.39, 0.29) is 18.7 Å². The number of aryl methyl sites for hydroxylation is 2. The van der Waals surface area contributed by atoms with Crippen LogP contribution in [-0.4, -0.2) is 42.8 Å². The molecule has 6 nitrogen and oxygen atoms in total. The van der Waals surface area contributed by atoms with Crippen molar-refractivity contribution in [2.75, 3.05) is 13.2 Å². The van der Waals surface area contributed by atoms with Crippen molar-refractivity contribution in [3.63, 3.8) is 0 Å². The lowest BCUT2D eigenvalue weighted by Crippen LogP contribution is -2.31. The topological polar surface area (TPSA) is 66.2 Å². The first kappa shape index (κ1) is 20.5. The van der Waals surface area contributed by atoms with E-state index in [1.807, 2.05) is 36.7 Å². The molecular formula is C23H27N5OS. The molecule has 1 aliphatic heterocycles. The third-order valence-corrected chi connectivity index (χ3v) is 6.03. The quantitative estimate of drug-likeness (QED) is 0.594. The molecule has 30 heavy (non-hydrogen) atoms. The molecule has 0 aliphatic carbocycles. The average Bonchev–Trinajstić information content (AvgIpc) is 3.22. The Balaban J connectivity index is 1.82. The predicted molar refractivity (Wildman–Crippen MR) is 122 cm³/mol. The van der Waals surface area contributed by atoms with Crippen molar-refractivity contribution in [2.24, 2.45) is 0 Å². The Morgan fingerprint density at radius 1 is 1.10 bits per heavy atom. The summed E-state index contributed by atoms with van der Waals surface area (Å²) >= 11 is 5.69. The molecule has 0 bridgehead atoms. The van der Waals surface area contributed by atoms with Crippen molar-refractivity contribution >= 4 is 17.3 Å². The molecule has 0 spiro atoms. The third kappa shape index (κ3) is 3.70. The first-order chi connectivity index (χ1) is 14.5. The molecule has 1 saturated heterocycles. The van der Waals surface area contributed by atoms with Crippen molar-refractivity contribution < 1.29 is 5.11 Å². The normalized spacial score (nSPS) is 18.7. The lowest BCUT2D eigenvalue weighted by Gasteiger charge is -2.28. The summed E-state index contributed by atoms with van der Waals surface area (Å²) in [6.45, 7) is 7.13. The summed E-state index contributed by atoms with van der Waals surface area (Å²) in [6, 6.07) is 12.2. The minimum atomic E-state index is -0.0585. The summed E-state index contributed by atoms with van der Waals surface area (Å²) < 4.78 is 2.20. The summed E-state index contributed by atoms with van der Waals surface area (Å²) in [6.07, 6.45) is 4.32. The molecule has 1 fully saturated rings. The number of nitrogens with one attached hydrogen (secondary N) is 1. The number of hydrogen-bond donors (Lipinski definition) is 2. The molecule has 4 heterocycles. The van der Waals surface area contributed by atoms with E-state index in [1.165, 1.54) is 11.1 Å². The van der Waals surface area contributed by atoms with E-state index in [1.54, 1.807) is 0 Å². The van der Waals surface area contributed by atoms with Gasteiger partial charge in [-0.05, 0) is 80.9 Å². The van der Waals surface area contributed by atoms with Crippen LogP contribution < -0.4 is 5.32 Å². The maximum absolute atomic E-state index is 9.42. The van der Waals surface area contributed by atoms with Crippen molar-refractivity contribution in [1.82, 2.24) is 24.8 Å². The zero-order chi connectivity index (χ0) is 21.3. The van der Waals surface area contributed by atoms with Crippen molar-refractivity contribution in [2.45, 2.75) is 39.3 Å². The van der Waals surface area contributed by atoms with E-state index in [0.717, 1.165) is 22.9 Å². The largest absolute Gasteiger partial charge is 0.396 e. The highest BCUT2D eigenvalue weighted by atomic mass is 32.1. The van der Waals surface area contributed by atoms with Crippen LogP contribution in [0.15, 0.2) is 48.8 Å². The number of aliphatic hydroxyl groups is 1. The molecule has 2 N–H and O–H groups in total. The third-order valence-electron chi connectivity index (χ3n) is 5.67. The summed E-state index contributed by atoms with van der Waals surface area (Å²) in [5, 5.41) is 13.6. The van der Waals surface area contributed by atoms with Crippen molar-refractivity contribution in [3.05, 3.63) is 77.0 Å². The van der Waals surface area contributed by atoms with Crippen LogP contribution in [0.5, 0.6) is 0 Å². The van der Waals surface area contributed by atoms with Crippen molar-refractivity contribution in [3.8, 4) is 5.82 Å². The SMILES string of the molecule is Cc1ccnc(-n2c(C)cc([C@@H]3[C@@H](c4ccccn4)NC(=S)N3CCCO)c2C)c1. The first-order valence-electron chi connectivity index (χ1n) is 10.2. The van der Waals surface area contributed by atoms with Gasteiger partial charge in [-0.1, -0.05) is 6.07 Å². The van der Waals surface area contributed by atoms with Crippen LogP contribution in [-0.2, 0) is 0 Å². The zero-order valence-electron chi connectivity index (χ0n) is 17.5. The molecule has 4 rings (SSSR count). The van der Waals surface area contributed by atoms with Gasteiger partial charge in [-0.25, -0.2) is 4.98 Å². The number of aromatic nitrogens is 3. The Labute approximate surface area is 182 Å². The fourth-order valence-electron chi connectivity index (χ4n) is 4.31. The van der Waals surface area contributed by atoms with E-state index in [9.17, 15) is 5.11 Å². The Hall–Kier alpha value is -2.77. The Kier molecular flexibility index (Phi) is 5.83. The summed E-state index contributed by atoms with van der Waals surface area (Å²) in [7, 11) is 0.